The first kappa shape index (κ1) is 10.6. The monoisotopic (exact) mass is 203 g/mol. The molecule has 0 bridgehead atoms. The lowest BCUT2D eigenvalue weighted by Gasteiger charge is -2.13. The van der Waals surface area contributed by atoms with Gasteiger partial charge < -0.3 is 10.3 Å². The zero-order valence-electron chi connectivity index (χ0n) is 7.63. The largest absolute Gasteiger partial charge is 0.347 e. The third-order valence-electron chi connectivity index (χ3n) is 1.77. The Hall–Kier alpha value is -1.46. The smallest absolute Gasteiger partial charge is 0.315 e. The van der Waals surface area contributed by atoms with E-state index in [1.54, 1.807) is 13.1 Å². The summed E-state index contributed by atoms with van der Waals surface area (Å²) in [7, 11) is 0. The second-order valence-electron chi connectivity index (χ2n) is 2.74. The predicted octanol–water partition coefficient (Wildman–Crippen LogP) is 1.24. The maximum absolute atomic E-state index is 11.9. The number of carbonyl (C=O) groups excluding carboxylic acids is 1. The molecule has 0 saturated heterocycles. The Labute approximate surface area is 79.7 Å². The van der Waals surface area contributed by atoms with Gasteiger partial charge in [-0.15, -0.1) is 0 Å². The van der Waals surface area contributed by atoms with Gasteiger partial charge in [0.2, 0.25) is 0 Å². The average Bonchev–Trinajstić information content (AvgIpc) is 2.66. The summed E-state index contributed by atoms with van der Waals surface area (Å²) in [5.74, 6) is -0.783. The number of hydrogen-bond donors (Lipinski definition) is 2. The van der Waals surface area contributed by atoms with Crippen LogP contribution in [-0.2, 0) is 4.79 Å². The molecule has 1 aromatic heterocycles. The number of carbonyl (C=O) groups is 1. The SMILES string of the molecule is CCC(NC(=O)C(F)F)c1ncc[nH]1. The lowest BCUT2D eigenvalue weighted by molar-refractivity contribution is -0.132. The Bertz CT molecular complexity index is 287. The predicted molar refractivity (Wildman–Crippen MR) is 45.8 cm³/mol. The molecule has 1 heterocycles. The number of nitrogens with one attached hydrogen (secondary N) is 2. The fraction of sp³-hybridized carbons (Fsp3) is 0.500. The van der Waals surface area contributed by atoms with Crippen LogP contribution in [0.2, 0.25) is 0 Å². The minimum absolute atomic E-state index is 0.480. The number of alkyl halides is 2. The van der Waals surface area contributed by atoms with E-state index in [1.165, 1.54) is 6.20 Å². The van der Waals surface area contributed by atoms with Crippen molar-refractivity contribution in [2.75, 3.05) is 0 Å². The summed E-state index contributed by atoms with van der Waals surface area (Å²) in [6.45, 7) is 1.78. The molecule has 0 fully saturated rings. The van der Waals surface area contributed by atoms with Gasteiger partial charge in [-0.2, -0.15) is 8.78 Å². The molecule has 14 heavy (non-hydrogen) atoms. The molecular formula is C8H11F2N3O. The maximum atomic E-state index is 11.9. The molecule has 0 radical (unpaired) electrons. The Morgan fingerprint density at radius 1 is 1.71 bits per heavy atom. The van der Waals surface area contributed by atoms with Gasteiger partial charge in [0.15, 0.2) is 0 Å². The second kappa shape index (κ2) is 4.69. The van der Waals surface area contributed by atoms with Crippen molar-refractivity contribution in [3.05, 3.63) is 18.2 Å². The van der Waals surface area contributed by atoms with Crippen molar-refractivity contribution >= 4 is 5.91 Å². The van der Waals surface area contributed by atoms with Gasteiger partial charge in [0, 0.05) is 12.4 Å². The Morgan fingerprint density at radius 3 is 2.86 bits per heavy atom. The molecule has 1 amide bonds. The van der Waals surface area contributed by atoms with Crippen molar-refractivity contribution in [3.8, 4) is 0 Å². The van der Waals surface area contributed by atoms with E-state index in [-0.39, 0.29) is 0 Å². The van der Waals surface area contributed by atoms with Crippen LogP contribution < -0.4 is 5.32 Å². The highest BCUT2D eigenvalue weighted by atomic mass is 19.3. The van der Waals surface area contributed by atoms with E-state index in [9.17, 15) is 13.6 Å². The lowest BCUT2D eigenvalue weighted by atomic mass is 10.2. The molecule has 1 unspecified atom stereocenters. The number of imidazole rings is 1. The van der Waals surface area contributed by atoms with Crippen molar-refractivity contribution in [3.63, 3.8) is 0 Å². The van der Waals surface area contributed by atoms with Crippen LogP contribution in [0.5, 0.6) is 0 Å². The standard InChI is InChI=1S/C8H11F2N3O/c1-2-5(7-11-3-4-12-7)13-8(14)6(9)10/h3-6H,2H2,1H3,(H,11,12)(H,13,14). The Kier molecular flexibility index (Phi) is 3.55. The van der Waals surface area contributed by atoms with E-state index in [1.807, 2.05) is 0 Å². The van der Waals surface area contributed by atoms with Crippen LogP contribution in [0.1, 0.15) is 25.2 Å². The van der Waals surface area contributed by atoms with Gasteiger partial charge >= 0.3 is 6.43 Å². The van der Waals surface area contributed by atoms with Crippen molar-refractivity contribution in [1.29, 1.82) is 0 Å². The van der Waals surface area contributed by atoms with Gasteiger partial charge in [0.25, 0.3) is 5.91 Å². The first-order valence-corrected chi connectivity index (χ1v) is 4.23. The minimum atomic E-state index is -2.99. The Balaban J connectivity index is 2.61. The molecule has 6 heteroatoms. The second-order valence-corrected chi connectivity index (χ2v) is 2.74. The fourth-order valence-electron chi connectivity index (χ4n) is 1.07. The number of hydrogen-bond acceptors (Lipinski definition) is 2. The highest BCUT2D eigenvalue weighted by molar-refractivity contribution is 5.79. The van der Waals surface area contributed by atoms with E-state index >= 15 is 0 Å². The lowest BCUT2D eigenvalue weighted by Crippen LogP contribution is -2.33. The minimum Gasteiger partial charge on any atom is -0.347 e. The van der Waals surface area contributed by atoms with Crippen molar-refractivity contribution in [1.82, 2.24) is 15.3 Å². The highest BCUT2D eigenvalue weighted by Gasteiger charge is 2.20. The van der Waals surface area contributed by atoms with E-state index in [0.717, 1.165) is 0 Å². The van der Waals surface area contributed by atoms with Crippen LogP contribution in [0.4, 0.5) is 8.78 Å². The van der Waals surface area contributed by atoms with Gasteiger partial charge in [-0.25, -0.2) is 4.98 Å². The summed E-state index contributed by atoms with van der Waals surface area (Å²) in [5, 5.41) is 2.19. The quantitative estimate of drug-likeness (QED) is 0.773. The molecule has 1 rings (SSSR count). The number of aromatic amines is 1. The van der Waals surface area contributed by atoms with Crippen LogP contribution in [0.3, 0.4) is 0 Å². The third-order valence-corrected chi connectivity index (χ3v) is 1.77. The average molecular weight is 203 g/mol. The first-order chi connectivity index (χ1) is 6.65. The molecule has 0 aliphatic carbocycles. The molecule has 4 nitrogen and oxygen atoms in total. The molecule has 0 aliphatic rings. The van der Waals surface area contributed by atoms with Gasteiger partial charge in [-0.05, 0) is 6.42 Å². The van der Waals surface area contributed by atoms with Crippen LogP contribution in [0, 0.1) is 0 Å². The van der Waals surface area contributed by atoms with Crippen LogP contribution in [0.25, 0.3) is 0 Å². The van der Waals surface area contributed by atoms with Crippen LogP contribution in [0.15, 0.2) is 12.4 Å². The molecule has 1 atom stereocenters. The summed E-state index contributed by atoms with van der Waals surface area (Å²) in [6, 6.07) is -0.480. The van der Waals surface area contributed by atoms with E-state index in [4.69, 9.17) is 0 Å². The third kappa shape index (κ3) is 2.51. The number of H-pyrrole nitrogens is 1. The fourth-order valence-corrected chi connectivity index (χ4v) is 1.07. The summed E-state index contributed by atoms with van der Waals surface area (Å²) in [6.07, 6.45) is 0.601. The normalized spacial score (nSPS) is 12.9. The Morgan fingerprint density at radius 2 is 2.43 bits per heavy atom. The number of halogens is 2. The number of rotatable bonds is 4. The van der Waals surface area contributed by atoms with Gasteiger partial charge in [-0.3, -0.25) is 4.79 Å². The van der Waals surface area contributed by atoms with E-state index < -0.39 is 18.4 Å². The number of amides is 1. The van der Waals surface area contributed by atoms with Crippen LogP contribution >= 0.6 is 0 Å². The molecule has 0 spiro atoms. The number of nitrogens with zero attached hydrogens (tertiary/aromatic N) is 1. The first-order valence-electron chi connectivity index (χ1n) is 4.23. The summed E-state index contributed by atoms with van der Waals surface area (Å²) < 4.78 is 23.8. The summed E-state index contributed by atoms with van der Waals surface area (Å²) in [4.78, 5) is 17.4. The van der Waals surface area contributed by atoms with Crippen molar-refractivity contribution < 1.29 is 13.6 Å². The summed E-state index contributed by atoms with van der Waals surface area (Å²) >= 11 is 0. The number of aromatic nitrogens is 2. The highest BCUT2D eigenvalue weighted by Crippen LogP contribution is 2.11. The maximum Gasteiger partial charge on any atom is 0.315 e. The summed E-state index contributed by atoms with van der Waals surface area (Å²) in [5.41, 5.74) is 0. The molecule has 0 aliphatic heterocycles. The van der Waals surface area contributed by atoms with Gasteiger partial charge in [0.1, 0.15) is 5.82 Å². The van der Waals surface area contributed by atoms with Gasteiger partial charge in [0.05, 0.1) is 6.04 Å². The molecular weight excluding hydrogens is 192 g/mol. The topological polar surface area (TPSA) is 57.8 Å². The molecule has 2 N–H and O–H groups in total. The van der Waals surface area contributed by atoms with Gasteiger partial charge in [-0.1, -0.05) is 6.92 Å². The van der Waals surface area contributed by atoms with E-state index in [0.29, 0.717) is 12.2 Å². The van der Waals surface area contributed by atoms with E-state index in [2.05, 4.69) is 15.3 Å². The van der Waals surface area contributed by atoms with Crippen molar-refractivity contribution in [2.45, 2.75) is 25.8 Å². The zero-order chi connectivity index (χ0) is 10.6. The molecule has 0 aromatic carbocycles. The zero-order valence-corrected chi connectivity index (χ0v) is 7.63. The van der Waals surface area contributed by atoms with Crippen LogP contribution in [-0.4, -0.2) is 22.3 Å². The molecule has 1 aromatic rings. The molecule has 78 valence electrons. The molecule has 0 saturated carbocycles. The van der Waals surface area contributed by atoms with Crippen molar-refractivity contribution in [2.24, 2.45) is 0 Å².